The van der Waals surface area contributed by atoms with Gasteiger partial charge >= 0.3 is 164 Å². The molecule has 0 radical (unpaired) electrons. The molecule has 0 spiro atoms. The van der Waals surface area contributed by atoms with Gasteiger partial charge in [0.05, 0.1) is 0 Å². The summed E-state index contributed by atoms with van der Waals surface area (Å²) in [7, 11) is 0.389. The molecule has 10 heteroatoms. The van der Waals surface area contributed by atoms with Crippen LogP contribution in [0.3, 0.4) is 0 Å². The normalized spacial score (nSPS) is 45.1. The predicted octanol–water partition coefficient (Wildman–Crippen LogP) is 4.86. The third-order valence-electron chi connectivity index (χ3n) is 5.82. The van der Waals surface area contributed by atoms with Crippen molar-refractivity contribution in [3.63, 3.8) is 0 Å². The van der Waals surface area contributed by atoms with E-state index in [-0.39, 0.29) is 58.6 Å². The van der Waals surface area contributed by atoms with Crippen LogP contribution in [0.5, 0.6) is 0 Å². The van der Waals surface area contributed by atoms with Crippen molar-refractivity contribution in [3.05, 3.63) is 0 Å². The second-order valence-electron chi connectivity index (χ2n) is 7.46. The van der Waals surface area contributed by atoms with Crippen LogP contribution in [0.4, 0.5) is 0 Å². The monoisotopic (exact) mass is 418 g/mol. The molecule has 2 fully saturated rings. The van der Waals surface area contributed by atoms with Crippen molar-refractivity contribution < 1.29 is 19.3 Å². The topological polar surface area (TPSA) is 120 Å². The fourth-order valence-electron chi connectivity index (χ4n) is 4.15. The predicted molar refractivity (Wildman–Crippen MR) is 104 cm³/mol. The molecule has 2 rings (SSSR count). The van der Waals surface area contributed by atoms with Crippen LogP contribution < -0.4 is 0 Å². The summed E-state index contributed by atoms with van der Waals surface area (Å²) in [4.78, 5) is 0. The Balaban J connectivity index is 2.28. The van der Waals surface area contributed by atoms with Gasteiger partial charge in [0.1, 0.15) is 0 Å². The van der Waals surface area contributed by atoms with Crippen LogP contribution in [-0.4, -0.2) is 54.0 Å². The zero-order valence-corrected chi connectivity index (χ0v) is 18.4. The van der Waals surface area contributed by atoms with E-state index in [9.17, 15) is 5.11 Å². The van der Waals surface area contributed by atoms with E-state index in [1.54, 1.807) is 0 Å². The van der Waals surface area contributed by atoms with E-state index in [0.717, 1.165) is 6.42 Å². The average Bonchev–Trinajstić information content (AvgIpc) is 2.66. The summed E-state index contributed by atoms with van der Waals surface area (Å²) >= 11 is 0. The Kier molecular flexibility index (Phi) is 9.11. The van der Waals surface area contributed by atoms with E-state index in [0.29, 0.717) is 6.42 Å². The fourth-order valence-corrected chi connectivity index (χ4v) is 5.14. The van der Waals surface area contributed by atoms with Gasteiger partial charge in [0.15, 0.2) is 0 Å². The van der Waals surface area contributed by atoms with Crippen LogP contribution in [-0.2, 0) is 14.2 Å². The summed E-state index contributed by atoms with van der Waals surface area (Å²) in [6.45, 7) is 10.0. The Morgan fingerprint density at radius 1 is 0.926 bits per heavy atom. The number of aliphatic hydroxyl groups is 1. The minimum absolute atomic E-state index is 0.0636. The summed E-state index contributed by atoms with van der Waals surface area (Å²) in [5.41, 5.74) is 0. The number of hydrogen-bond donors (Lipinski definition) is 3. The van der Waals surface area contributed by atoms with Crippen LogP contribution in [0, 0.1) is 22.2 Å². The van der Waals surface area contributed by atoms with Gasteiger partial charge in [-0.1, -0.05) is 0 Å². The number of nitrogens with zero attached hydrogens (tertiary/aromatic N) is 2. The first kappa shape index (κ1) is 23.2. The van der Waals surface area contributed by atoms with Crippen LogP contribution in [0.25, 0.3) is 0 Å². The average molecular weight is 418 g/mol. The minimum atomic E-state index is -0.628. The van der Waals surface area contributed by atoms with Gasteiger partial charge in [0.2, 0.25) is 0 Å². The van der Waals surface area contributed by atoms with Crippen molar-refractivity contribution in [3.8, 4) is 0 Å². The molecule has 0 aliphatic carbocycles. The number of rotatable bonds is 6. The molecule has 0 aromatic heterocycles. The molecule has 2 heterocycles. The third kappa shape index (κ3) is 5.09. The number of aliphatic hydroxyl groups excluding tert-OH is 1. The maximum atomic E-state index is 10.5. The Labute approximate surface area is 164 Å². The molecule has 3 N–H and O–H groups in total. The van der Waals surface area contributed by atoms with E-state index < -0.39 is 18.4 Å². The number of nitrogens with one attached hydrogen (secondary N) is 2. The molecule has 2 aliphatic rings. The van der Waals surface area contributed by atoms with E-state index in [1.165, 1.54) is 0 Å². The second kappa shape index (κ2) is 10.6. The summed E-state index contributed by atoms with van der Waals surface area (Å²) in [5.74, 6) is -0.0887. The van der Waals surface area contributed by atoms with Crippen molar-refractivity contribution in [2.45, 2.75) is 96.4 Å². The molecular formula is C17H32N4O4P2+2. The van der Waals surface area contributed by atoms with Gasteiger partial charge in [-0.3, -0.25) is 0 Å². The summed E-state index contributed by atoms with van der Waals surface area (Å²) in [5, 5.41) is 25.4. The Morgan fingerprint density at radius 2 is 1.52 bits per heavy atom. The molecule has 0 bridgehead atoms. The summed E-state index contributed by atoms with van der Waals surface area (Å²) < 4.78 is 27.3. The summed E-state index contributed by atoms with van der Waals surface area (Å²) in [6.07, 6.45) is -0.495. The van der Waals surface area contributed by atoms with Crippen LogP contribution in [0.1, 0.15) is 47.5 Å². The van der Waals surface area contributed by atoms with Crippen molar-refractivity contribution in [2.24, 2.45) is 21.3 Å². The maximum absolute atomic E-state index is 10.5. The molecule has 152 valence electrons. The van der Waals surface area contributed by atoms with Crippen LogP contribution in [0.15, 0.2) is 9.49 Å². The Bertz CT molecular complexity index is 599. The summed E-state index contributed by atoms with van der Waals surface area (Å²) in [6, 6.07) is -0.522. The quantitative estimate of drug-likeness (QED) is 0.534. The van der Waals surface area contributed by atoms with Crippen molar-refractivity contribution in [2.75, 3.05) is 0 Å². The van der Waals surface area contributed by atoms with Gasteiger partial charge in [-0.15, -0.1) is 0 Å². The zero-order valence-electron chi connectivity index (χ0n) is 16.6. The van der Waals surface area contributed by atoms with Gasteiger partial charge in [-0.05, 0) is 0 Å². The van der Waals surface area contributed by atoms with Gasteiger partial charge in [0.25, 0.3) is 0 Å². The first-order valence-corrected chi connectivity index (χ1v) is 11.4. The van der Waals surface area contributed by atoms with E-state index in [1.807, 2.05) is 20.8 Å². The molecule has 27 heavy (non-hydrogen) atoms. The third-order valence-corrected chi connectivity index (χ3v) is 6.58. The van der Waals surface area contributed by atoms with Crippen molar-refractivity contribution >= 4 is 16.3 Å². The van der Waals surface area contributed by atoms with Gasteiger partial charge in [-0.2, -0.15) is 0 Å². The molecule has 8 nitrogen and oxygen atoms in total. The molecule has 5 unspecified atom stereocenters. The van der Waals surface area contributed by atoms with Crippen molar-refractivity contribution in [1.82, 2.24) is 0 Å². The fraction of sp³-hybridized carbons (Fsp3) is 1.00. The molecule has 0 saturated carbocycles. The molecule has 0 aromatic carbocycles. The molecular weight excluding hydrogens is 386 g/mol. The van der Waals surface area contributed by atoms with Crippen LogP contribution >= 0.6 is 16.3 Å². The number of hydrogen-bond acceptors (Lipinski definition) is 8. The molecule has 0 aromatic rings. The van der Waals surface area contributed by atoms with Gasteiger partial charge < -0.3 is 0 Å². The van der Waals surface area contributed by atoms with Crippen molar-refractivity contribution in [1.29, 1.82) is 10.3 Å². The second-order valence-corrected chi connectivity index (χ2v) is 8.32. The SMILES string of the molecule is CCC1O[C@H](O[C@H]2C(CC)O[C@@H](C)C(N=[P+]=N)[C@H]2C)C(N=[P+]=N)C(C)[C@@H]1O. The van der Waals surface area contributed by atoms with E-state index in [2.05, 4.69) is 23.3 Å². The first-order valence-electron chi connectivity index (χ1n) is 9.67. The molecule has 2 saturated heterocycles. The Morgan fingerprint density at radius 3 is 2.07 bits per heavy atom. The zero-order chi connectivity index (χ0) is 20.1. The number of ether oxygens (including phenoxy) is 3. The molecule has 10 atom stereocenters. The van der Waals surface area contributed by atoms with E-state index >= 15 is 0 Å². The van der Waals surface area contributed by atoms with Gasteiger partial charge in [0, 0.05) is 0 Å². The molecule has 2 aliphatic heterocycles. The standard InChI is InChI=1S/C17H32N4O4P2/c1-6-11-15(22)8(3)14(21-27-19)17(24-11)25-16-9(4)13(20-26-18)10(5)23-12(16)7-2/h8-19,22H,6-7H2,1-5H3/q+2/t8?,9-,10+,11?,12?,13?,14?,15+,16-,17-/m1/s1. The Hall–Kier alpha value is -0.100. The van der Waals surface area contributed by atoms with E-state index in [4.69, 9.17) is 24.5 Å². The first-order chi connectivity index (χ1) is 12.9. The van der Waals surface area contributed by atoms with Crippen LogP contribution in [0.2, 0.25) is 0 Å². The van der Waals surface area contributed by atoms with Gasteiger partial charge in [-0.25, -0.2) is 0 Å². The molecule has 0 amide bonds.